The van der Waals surface area contributed by atoms with Crippen LogP contribution in [0.5, 0.6) is 0 Å². The number of likely N-dealkylation sites (tertiary alicyclic amines) is 2. The normalized spacial score (nSPS) is 31.2. The molecule has 3 fully saturated rings. The monoisotopic (exact) mass is 294 g/mol. The molecular weight excluding hydrogens is 264 g/mol. The minimum atomic E-state index is -0.571. The topological polar surface area (TPSA) is 61.6 Å². The molecule has 0 aromatic rings. The molecule has 5 heteroatoms. The number of carbonyl (C=O) groups excluding carboxylic acids is 1. The number of nitrogens with zero attached hydrogens (tertiary/aromatic N) is 2. The van der Waals surface area contributed by atoms with Gasteiger partial charge < -0.3 is 5.73 Å². The first-order valence-corrected chi connectivity index (χ1v) is 8.61. The molecule has 2 saturated heterocycles. The van der Waals surface area contributed by atoms with E-state index >= 15 is 0 Å². The molecule has 120 valence electrons. The molecule has 3 N–H and O–H groups in total. The molecule has 3 aliphatic rings. The van der Waals surface area contributed by atoms with Crippen LogP contribution in [0.4, 0.5) is 0 Å². The summed E-state index contributed by atoms with van der Waals surface area (Å²) in [7, 11) is 0. The molecule has 2 unspecified atom stereocenters. The lowest BCUT2D eigenvalue weighted by atomic mass is 10.0. The van der Waals surface area contributed by atoms with Crippen molar-refractivity contribution in [3.8, 4) is 0 Å². The molecule has 1 aliphatic carbocycles. The van der Waals surface area contributed by atoms with E-state index in [9.17, 15) is 4.79 Å². The first kappa shape index (κ1) is 15.3. The molecule has 0 bridgehead atoms. The van der Waals surface area contributed by atoms with Crippen LogP contribution < -0.4 is 11.1 Å². The molecule has 0 radical (unpaired) electrons. The average molecular weight is 294 g/mol. The molecule has 0 aromatic heterocycles. The molecule has 5 nitrogen and oxygen atoms in total. The zero-order chi connectivity index (χ0) is 14.9. The maximum Gasteiger partial charge on any atom is 0.238 e. The first-order valence-electron chi connectivity index (χ1n) is 8.61. The highest BCUT2D eigenvalue weighted by Crippen LogP contribution is 2.25. The van der Waals surface area contributed by atoms with Gasteiger partial charge in [0.2, 0.25) is 5.91 Å². The molecule has 2 aliphatic heterocycles. The van der Waals surface area contributed by atoms with Gasteiger partial charge in [0.05, 0.1) is 0 Å². The second kappa shape index (κ2) is 6.23. The van der Waals surface area contributed by atoms with Crippen molar-refractivity contribution in [3.05, 3.63) is 0 Å². The van der Waals surface area contributed by atoms with Crippen molar-refractivity contribution in [3.63, 3.8) is 0 Å². The largest absolute Gasteiger partial charge is 0.368 e. The number of amides is 1. The zero-order valence-corrected chi connectivity index (χ0v) is 13.3. The molecular formula is C16H30N4O. The van der Waals surface area contributed by atoms with E-state index in [0.29, 0.717) is 12.1 Å². The molecule has 2 atom stereocenters. The maximum atomic E-state index is 11.9. The summed E-state index contributed by atoms with van der Waals surface area (Å²) >= 11 is 0. The summed E-state index contributed by atoms with van der Waals surface area (Å²) in [5.41, 5.74) is 5.09. The van der Waals surface area contributed by atoms with E-state index in [0.717, 1.165) is 19.6 Å². The molecule has 2 heterocycles. The van der Waals surface area contributed by atoms with Gasteiger partial charge in [-0.3, -0.25) is 19.9 Å². The van der Waals surface area contributed by atoms with Crippen molar-refractivity contribution in [2.24, 2.45) is 5.73 Å². The summed E-state index contributed by atoms with van der Waals surface area (Å²) in [6.45, 7) is 7.43. The van der Waals surface area contributed by atoms with Gasteiger partial charge in [0.15, 0.2) is 0 Å². The summed E-state index contributed by atoms with van der Waals surface area (Å²) < 4.78 is 0. The molecule has 1 saturated carbocycles. The Morgan fingerprint density at radius 1 is 1.19 bits per heavy atom. The number of rotatable bonds is 6. The van der Waals surface area contributed by atoms with Gasteiger partial charge in [0.25, 0.3) is 0 Å². The predicted octanol–water partition coefficient (Wildman–Crippen LogP) is 0.543. The van der Waals surface area contributed by atoms with Gasteiger partial charge in [0.1, 0.15) is 5.54 Å². The summed E-state index contributed by atoms with van der Waals surface area (Å²) in [6, 6.07) is 1.19. The Morgan fingerprint density at radius 2 is 1.90 bits per heavy atom. The SMILES string of the molecule is CC(CN1CCC(N2CCCCC2)C1)(NC1CC1)C(N)=O. The van der Waals surface area contributed by atoms with Crippen molar-refractivity contribution in [2.75, 3.05) is 32.7 Å². The van der Waals surface area contributed by atoms with Crippen LogP contribution in [-0.4, -0.2) is 66.1 Å². The first-order chi connectivity index (χ1) is 10.1. The van der Waals surface area contributed by atoms with Crippen LogP contribution in [0.1, 0.15) is 45.4 Å². The fraction of sp³-hybridized carbons (Fsp3) is 0.938. The van der Waals surface area contributed by atoms with Crippen LogP contribution in [0, 0.1) is 0 Å². The third-order valence-electron chi connectivity index (χ3n) is 5.34. The highest BCUT2D eigenvalue weighted by atomic mass is 16.1. The van der Waals surface area contributed by atoms with Crippen LogP contribution in [0.2, 0.25) is 0 Å². The van der Waals surface area contributed by atoms with Crippen molar-refractivity contribution < 1.29 is 4.79 Å². The number of nitrogens with one attached hydrogen (secondary N) is 1. The highest BCUT2D eigenvalue weighted by molar-refractivity contribution is 5.84. The lowest BCUT2D eigenvalue weighted by molar-refractivity contribution is -0.124. The van der Waals surface area contributed by atoms with Gasteiger partial charge in [-0.2, -0.15) is 0 Å². The van der Waals surface area contributed by atoms with E-state index in [-0.39, 0.29) is 5.91 Å². The smallest absolute Gasteiger partial charge is 0.238 e. The third kappa shape index (κ3) is 3.76. The quantitative estimate of drug-likeness (QED) is 0.751. The minimum absolute atomic E-state index is 0.212. The number of piperidine rings is 1. The molecule has 21 heavy (non-hydrogen) atoms. The zero-order valence-electron chi connectivity index (χ0n) is 13.3. The second-order valence-electron chi connectivity index (χ2n) is 7.39. The Morgan fingerprint density at radius 3 is 2.52 bits per heavy atom. The predicted molar refractivity (Wildman–Crippen MR) is 84.0 cm³/mol. The van der Waals surface area contributed by atoms with Gasteiger partial charge in [-0.1, -0.05) is 6.42 Å². The Kier molecular flexibility index (Phi) is 4.52. The summed E-state index contributed by atoms with van der Waals surface area (Å²) in [5, 5.41) is 3.46. The summed E-state index contributed by atoms with van der Waals surface area (Å²) in [4.78, 5) is 17.0. The Labute approximate surface area is 128 Å². The van der Waals surface area contributed by atoms with Crippen molar-refractivity contribution >= 4 is 5.91 Å². The fourth-order valence-corrected chi connectivity index (χ4v) is 3.86. The van der Waals surface area contributed by atoms with E-state index in [1.54, 1.807) is 0 Å². The van der Waals surface area contributed by atoms with Crippen molar-refractivity contribution in [2.45, 2.75) is 63.1 Å². The molecule has 3 rings (SSSR count). The van der Waals surface area contributed by atoms with Gasteiger partial charge in [0, 0.05) is 25.2 Å². The summed E-state index contributed by atoms with van der Waals surface area (Å²) in [5.74, 6) is -0.212. The van der Waals surface area contributed by atoms with Crippen molar-refractivity contribution in [1.29, 1.82) is 0 Å². The molecule has 1 amide bonds. The third-order valence-corrected chi connectivity index (χ3v) is 5.34. The van der Waals surface area contributed by atoms with E-state index < -0.39 is 5.54 Å². The Hall–Kier alpha value is -0.650. The van der Waals surface area contributed by atoms with E-state index in [1.165, 1.54) is 51.6 Å². The van der Waals surface area contributed by atoms with Gasteiger partial charge in [-0.15, -0.1) is 0 Å². The Balaban J connectivity index is 1.53. The Bertz CT molecular complexity index is 378. The van der Waals surface area contributed by atoms with Crippen molar-refractivity contribution in [1.82, 2.24) is 15.1 Å². The fourth-order valence-electron chi connectivity index (χ4n) is 3.86. The van der Waals surface area contributed by atoms with Gasteiger partial charge in [-0.25, -0.2) is 0 Å². The minimum Gasteiger partial charge on any atom is -0.368 e. The lowest BCUT2D eigenvalue weighted by Crippen LogP contribution is -2.60. The average Bonchev–Trinajstić information content (AvgIpc) is 3.15. The highest BCUT2D eigenvalue weighted by Gasteiger charge is 2.40. The number of nitrogens with two attached hydrogens (primary N) is 1. The maximum absolute atomic E-state index is 11.9. The number of hydrogen-bond donors (Lipinski definition) is 2. The van der Waals surface area contributed by atoms with E-state index in [1.807, 2.05) is 6.92 Å². The number of hydrogen-bond acceptors (Lipinski definition) is 4. The molecule has 0 spiro atoms. The van der Waals surface area contributed by atoms with Gasteiger partial charge in [-0.05, 0) is 58.7 Å². The summed E-state index contributed by atoms with van der Waals surface area (Å²) in [6.07, 6.45) is 7.67. The van der Waals surface area contributed by atoms with E-state index in [2.05, 4.69) is 15.1 Å². The lowest BCUT2D eigenvalue weighted by Gasteiger charge is -2.34. The van der Waals surface area contributed by atoms with Crippen LogP contribution in [0.15, 0.2) is 0 Å². The van der Waals surface area contributed by atoms with Crippen LogP contribution in [-0.2, 0) is 4.79 Å². The number of carbonyl (C=O) groups is 1. The van der Waals surface area contributed by atoms with Crippen LogP contribution in [0.25, 0.3) is 0 Å². The van der Waals surface area contributed by atoms with Crippen LogP contribution >= 0.6 is 0 Å². The molecule has 0 aromatic carbocycles. The van der Waals surface area contributed by atoms with Crippen LogP contribution in [0.3, 0.4) is 0 Å². The standard InChI is InChI=1S/C16H30N4O/c1-16(15(17)21,18-13-5-6-13)12-19-10-7-14(11-19)20-8-3-2-4-9-20/h13-14,18H,2-12H2,1H3,(H2,17,21). The number of primary amides is 1. The van der Waals surface area contributed by atoms with Gasteiger partial charge >= 0.3 is 0 Å². The second-order valence-corrected chi connectivity index (χ2v) is 7.39. The van der Waals surface area contributed by atoms with E-state index in [4.69, 9.17) is 5.73 Å².